The first-order valence-electron chi connectivity index (χ1n) is 17.6. The van der Waals surface area contributed by atoms with Gasteiger partial charge in [-0.25, -0.2) is 0 Å². The van der Waals surface area contributed by atoms with Crippen LogP contribution in [0.4, 0.5) is 45.5 Å². The summed E-state index contributed by atoms with van der Waals surface area (Å²) in [4.78, 5) is 10.1. The molecule has 0 unspecified atom stereocenters. The van der Waals surface area contributed by atoms with Gasteiger partial charge in [-0.15, -0.1) is 0 Å². The topological polar surface area (TPSA) is 13.0 Å². The standard InChI is InChI=1S/C46H44N4/c1-29-30(2)34(6)42-41(33(29)5)47(37-21-13-9-14-22-37)45(48(42)38-23-15-10-16-24-38)46-49(39-25-17-11-18-26-39)43-35(7)31(3)32(4)36(8)44(43)50(46)40-27-19-12-20-28-40/h9-28H,1-8H3. The SMILES string of the molecule is Cc1c(C)c(C)c2c(c1C)N(c1ccccc1)C(=C1N(c3ccccc3)c3c(C)c(C)c(C)c(C)c3N1c1ccccc1)N2c1ccccc1. The van der Waals surface area contributed by atoms with Crippen molar-refractivity contribution < 1.29 is 0 Å². The van der Waals surface area contributed by atoms with Gasteiger partial charge in [0.05, 0.1) is 22.7 Å². The molecule has 0 saturated carbocycles. The van der Waals surface area contributed by atoms with Crippen LogP contribution in [0.2, 0.25) is 0 Å². The number of para-hydroxylation sites is 4. The first-order chi connectivity index (χ1) is 24.2. The van der Waals surface area contributed by atoms with Gasteiger partial charge in [0.2, 0.25) is 0 Å². The van der Waals surface area contributed by atoms with E-state index in [2.05, 4.69) is 196 Å². The lowest BCUT2D eigenvalue weighted by atomic mass is 9.95. The fraction of sp³-hybridized carbons (Fsp3) is 0.174. The molecule has 8 rings (SSSR count). The Hall–Kier alpha value is -5.74. The summed E-state index contributed by atoms with van der Waals surface area (Å²) in [6.07, 6.45) is 0. The predicted molar refractivity (Wildman–Crippen MR) is 212 cm³/mol. The van der Waals surface area contributed by atoms with E-state index >= 15 is 0 Å². The maximum Gasteiger partial charge on any atom is 0.166 e. The van der Waals surface area contributed by atoms with Gasteiger partial charge in [0, 0.05) is 22.7 Å². The van der Waals surface area contributed by atoms with Gasteiger partial charge < -0.3 is 0 Å². The summed E-state index contributed by atoms with van der Waals surface area (Å²) >= 11 is 0. The van der Waals surface area contributed by atoms with E-state index in [9.17, 15) is 0 Å². The van der Waals surface area contributed by atoms with Crippen LogP contribution in [0.15, 0.2) is 133 Å². The Morgan fingerprint density at radius 3 is 0.600 bits per heavy atom. The molecule has 6 aromatic carbocycles. The van der Waals surface area contributed by atoms with Crippen molar-refractivity contribution in [3.05, 3.63) is 177 Å². The molecule has 6 aromatic rings. The number of hydrogen-bond acceptors (Lipinski definition) is 4. The first kappa shape index (κ1) is 31.5. The van der Waals surface area contributed by atoms with Crippen LogP contribution >= 0.6 is 0 Å². The van der Waals surface area contributed by atoms with E-state index in [1.807, 2.05) is 0 Å². The smallest absolute Gasteiger partial charge is 0.166 e. The lowest BCUT2D eigenvalue weighted by molar-refractivity contribution is 1.00. The molecule has 0 fully saturated rings. The van der Waals surface area contributed by atoms with Crippen LogP contribution in [0.25, 0.3) is 0 Å². The number of rotatable bonds is 4. The Balaban J connectivity index is 1.63. The van der Waals surface area contributed by atoms with Gasteiger partial charge in [-0.3, -0.25) is 19.6 Å². The molecule has 4 heteroatoms. The molecular weight excluding hydrogens is 609 g/mol. The van der Waals surface area contributed by atoms with Crippen molar-refractivity contribution in [3.8, 4) is 0 Å². The van der Waals surface area contributed by atoms with Crippen molar-refractivity contribution in [2.24, 2.45) is 0 Å². The molecule has 50 heavy (non-hydrogen) atoms. The van der Waals surface area contributed by atoms with Crippen molar-refractivity contribution in [3.63, 3.8) is 0 Å². The van der Waals surface area contributed by atoms with Crippen LogP contribution in [-0.2, 0) is 0 Å². The molecule has 2 aliphatic rings. The summed E-state index contributed by atoms with van der Waals surface area (Å²) in [6, 6.07) is 43.6. The molecule has 2 aliphatic heterocycles. The highest BCUT2D eigenvalue weighted by Crippen LogP contribution is 2.60. The average molecular weight is 653 g/mol. The summed E-state index contributed by atoms with van der Waals surface area (Å²) in [7, 11) is 0. The van der Waals surface area contributed by atoms with E-state index in [0.717, 1.165) is 34.4 Å². The summed E-state index contributed by atoms with van der Waals surface area (Å²) in [5, 5.41) is 0. The summed E-state index contributed by atoms with van der Waals surface area (Å²) in [6.45, 7) is 18.3. The lowest BCUT2D eigenvalue weighted by Gasteiger charge is -2.34. The van der Waals surface area contributed by atoms with Gasteiger partial charge in [-0.1, -0.05) is 72.8 Å². The van der Waals surface area contributed by atoms with E-state index in [0.29, 0.717) is 0 Å². The molecule has 0 aliphatic carbocycles. The minimum Gasteiger partial charge on any atom is -0.291 e. The number of nitrogens with zero attached hydrogens (tertiary/aromatic N) is 4. The molecule has 0 aromatic heterocycles. The third-order valence-electron chi connectivity index (χ3n) is 11.2. The van der Waals surface area contributed by atoms with Gasteiger partial charge in [0.15, 0.2) is 11.6 Å². The van der Waals surface area contributed by atoms with Crippen molar-refractivity contribution in [2.45, 2.75) is 55.4 Å². The lowest BCUT2D eigenvalue weighted by Crippen LogP contribution is -2.33. The van der Waals surface area contributed by atoms with Gasteiger partial charge >= 0.3 is 0 Å². The van der Waals surface area contributed by atoms with E-state index in [1.165, 1.54) is 67.3 Å². The van der Waals surface area contributed by atoms with Crippen LogP contribution in [0, 0.1) is 55.4 Å². The quantitative estimate of drug-likeness (QED) is 0.188. The number of hydrogen-bond donors (Lipinski definition) is 0. The highest BCUT2D eigenvalue weighted by molar-refractivity contribution is 6.03. The fourth-order valence-corrected chi connectivity index (χ4v) is 7.98. The van der Waals surface area contributed by atoms with E-state index in [1.54, 1.807) is 0 Å². The van der Waals surface area contributed by atoms with Gasteiger partial charge in [-0.2, -0.15) is 0 Å². The van der Waals surface area contributed by atoms with Gasteiger partial charge in [0.25, 0.3) is 0 Å². The van der Waals surface area contributed by atoms with Crippen LogP contribution < -0.4 is 19.6 Å². The summed E-state index contributed by atoms with van der Waals surface area (Å²) < 4.78 is 0. The van der Waals surface area contributed by atoms with Crippen molar-refractivity contribution in [1.82, 2.24) is 0 Å². The normalized spacial score (nSPS) is 13.8. The highest BCUT2D eigenvalue weighted by atomic mass is 15.5. The second-order valence-corrected chi connectivity index (χ2v) is 13.7. The minimum absolute atomic E-state index is 1.09. The third-order valence-corrected chi connectivity index (χ3v) is 11.2. The second kappa shape index (κ2) is 12.0. The van der Waals surface area contributed by atoms with Crippen LogP contribution in [0.1, 0.15) is 44.5 Å². The molecule has 0 radical (unpaired) electrons. The van der Waals surface area contributed by atoms with Gasteiger partial charge in [-0.05, 0) is 148 Å². The Morgan fingerprint density at radius 2 is 0.420 bits per heavy atom. The van der Waals surface area contributed by atoms with Crippen LogP contribution in [0.5, 0.6) is 0 Å². The molecule has 0 amide bonds. The molecule has 0 spiro atoms. The zero-order valence-corrected chi connectivity index (χ0v) is 30.3. The zero-order valence-electron chi connectivity index (χ0n) is 30.3. The Morgan fingerprint density at radius 1 is 0.240 bits per heavy atom. The third kappa shape index (κ3) is 4.51. The second-order valence-electron chi connectivity index (χ2n) is 13.7. The predicted octanol–water partition coefficient (Wildman–Crippen LogP) is 12.6. The van der Waals surface area contributed by atoms with Crippen molar-refractivity contribution >= 4 is 45.5 Å². The highest BCUT2D eigenvalue weighted by Gasteiger charge is 2.47. The molecule has 0 N–H and O–H groups in total. The van der Waals surface area contributed by atoms with Crippen LogP contribution in [0.3, 0.4) is 0 Å². The van der Waals surface area contributed by atoms with Gasteiger partial charge in [0.1, 0.15) is 0 Å². The molecular formula is C46H44N4. The largest absolute Gasteiger partial charge is 0.291 e. The maximum atomic E-state index is 2.52. The molecule has 0 bridgehead atoms. The average Bonchev–Trinajstić information content (AvgIpc) is 3.70. The molecule has 2 heterocycles. The van der Waals surface area contributed by atoms with Crippen molar-refractivity contribution in [2.75, 3.05) is 19.6 Å². The minimum atomic E-state index is 1.09. The number of benzene rings is 6. The summed E-state index contributed by atoms with van der Waals surface area (Å²) in [5.41, 5.74) is 19.8. The Bertz CT molecular complexity index is 1970. The number of fused-ring (bicyclic) bond motifs is 2. The summed E-state index contributed by atoms with van der Waals surface area (Å²) in [5.74, 6) is 2.18. The first-order valence-corrected chi connectivity index (χ1v) is 17.6. The zero-order chi connectivity index (χ0) is 34.8. The van der Waals surface area contributed by atoms with E-state index < -0.39 is 0 Å². The monoisotopic (exact) mass is 652 g/mol. The molecule has 0 atom stereocenters. The molecule has 0 saturated heterocycles. The van der Waals surface area contributed by atoms with E-state index in [-0.39, 0.29) is 0 Å². The van der Waals surface area contributed by atoms with Crippen molar-refractivity contribution in [1.29, 1.82) is 0 Å². The molecule has 248 valence electrons. The van der Waals surface area contributed by atoms with E-state index in [4.69, 9.17) is 0 Å². The van der Waals surface area contributed by atoms with Crippen LogP contribution in [-0.4, -0.2) is 0 Å². The number of anilines is 8. The Kier molecular flexibility index (Phi) is 7.56. The fourth-order valence-electron chi connectivity index (χ4n) is 7.98. The molecule has 4 nitrogen and oxygen atoms in total. The maximum absolute atomic E-state index is 2.52. The Labute approximate surface area is 297 Å².